The maximum atomic E-state index is 12.9. The summed E-state index contributed by atoms with van der Waals surface area (Å²) < 4.78 is 0. The lowest BCUT2D eigenvalue weighted by Gasteiger charge is -2.42. The summed E-state index contributed by atoms with van der Waals surface area (Å²) in [7, 11) is 0. The molecule has 0 aliphatic carbocycles. The molecule has 2 fully saturated rings. The summed E-state index contributed by atoms with van der Waals surface area (Å²) in [6, 6.07) is 10.4. The third-order valence-electron chi connectivity index (χ3n) is 5.48. The zero-order chi connectivity index (χ0) is 16.3. The molecule has 1 aromatic rings. The van der Waals surface area contributed by atoms with Gasteiger partial charge in [0, 0.05) is 19.1 Å². The van der Waals surface area contributed by atoms with Crippen LogP contribution >= 0.6 is 0 Å². The fraction of sp³-hybridized carbons (Fsp3) is 0.632. The molecule has 1 unspecified atom stereocenters. The van der Waals surface area contributed by atoms with E-state index < -0.39 is 5.54 Å². The molecule has 0 spiro atoms. The molecule has 0 bridgehead atoms. The van der Waals surface area contributed by atoms with Gasteiger partial charge in [0.25, 0.3) is 0 Å². The van der Waals surface area contributed by atoms with Gasteiger partial charge in [-0.1, -0.05) is 36.8 Å². The molecule has 0 aromatic heterocycles. The third-order valence-corrected chi connectivity index (χ3v) is 5.48. The molecule has 2 aliphatic rings. The Morgan fingerprint density at radius 3 is 2.26 bits per heavy atom. The van der Waals surface area contributed by atoms with Crippen molar-refractivity contribution in [3.8, 4) is 0 Å². The van der Waals surface area contributed by atoms with Crippen molar-refractivity contribution < 1.29 is 4.79 Å². The van der Waals surface area contributed by atoms with Gasteiger partial charge in [-0.05, 0) is 51.3 Å². The minimum atomic E-state index is -0.931. The molecule has 126 valence electrons. The number of carbonyl (C=O) groups excluding carboxylic acids is 1. The van der Waals surface area contributed by atoms with Gasteiger partial charge in [-0.25, -0.2) is 0 Å². The number of benzene rings is 1. The Kier molecular flexibility index (Phi) is 5.02. The second-order valence-corrected chi connectivity index (χ2v) is 7.19. The average Bonchev–Trinajstić information content (AvgIpc) is 2.63. The Balaban J connectivity index is 1.59. The second kappa shape index (κ2) is 7.02. The number of carbonyl (C=O) groups is 1. The number of nitrogens with two attached hydrogens (primary N) is 1. The van der Waals surface area contributed by atoms with Crippen molar-refractivity contribution in [3.05, 3.63) is 35.9 Å². The van der Waals surface area contributed by atoms with Crippen LogP contribution in [0.15, 0.2) is 30.3 Å². The zero-order valence-corrected chi connectivity index (χ0v) is 14.2. The van der Waals surface area contributed by atoms with E-state index in [1.54, 1.807) is 0 Å². The smallest absolute Gasteiger partial charge is 0.246 e. The standard InChI is InChI=1S/C19H29N3O/c1-19(20,16-8-4-2-5-9-16)18(23)22-14-10-17(11-15-22)21-12-6-3-7-13-21/h2,4-5,8-9,17H,3,6-7,10-15,20H2,1H3. The van der Waals surface area contributed by atoms with Gasteiger partial charge in [-0.3, -0.25) is 4.79 Å². The van der Waals surface area contributed by atoms with Crippen LogP contribution < -0.4 is 5.73 Å². The predicted octanol–water partition coefficient (Wildman–Crippen LogP) is 2.34. The van der Waals surface area contributed by atoms with Crippen molar-refractivity contribution in [1.82, 2.24) is 9.80 Å². The van der Waals surface area contributed by atoms with Gasteiger partial charge < -0.3 is 15.5 Å². The van der Waals surface area contributed by atoms with Crippen LogP contribution in [0.1, 0.15) is 44.6 Å². The first-order valence-corrected chi connectivity index (χ1v) is 8.97. The van der Waals surface area contributed by atoms with E-state index in [2.05, 4.69) is 4.90 Å². The molecule has 23 heavy (non-hydrogen) atoms. The molecule has 1 amide bonds. The van der Waals surface area contributed by atoms with Crippen molar-refractivity contribution in [3.63, 3.8) is 0 Å². The SMILES string of the molecule is CC(N)(C(=O)N1CCC(N2CCCCC2)CC1)c1ccccc1. The van der Waals surface area contributed by atoms with Crippen LogP contribution in [0.25, 0.3) is 0 Å². The summed E-state index contributed by atoms with van der Waals surface area (Å²) in [6.07, 6.45) is 6.19. The Labute approximate surface area is 139 Å². The first kappa shape index (κ1) is 16.5. The molecule has 2 saturated heterocycles. The van der Waals surface area contributed by atoms with E-state index in [-0.39, 0.29) is 5.91 Å². The number of amides is 1. The number of hydrogen-bond acceptors (Lipinski definition) is 3. The lowest BCUT2D eigenvalue weighted by atomic mass is 9.90. The quantitative estimate of drug-likeness (QED) is 0.931. The number of rotatable bonds is 3. The van der Waals surface area contributed by atoms with Crippen molar-refractivity contribution in [2.75, 3.05) is 26.2 Å². The highest BCUT2D eigenvalue weighted by atomic mass is 16.2. The van der Waals surface area contributed by atoms with E-state index in [0.29, 0.717) is 6.04 Å². The van der Waals surface area contributed by atoms with E-state index >= 15 is 0 Å². The highest BCUT2D eigenvalue weighted by molar-refractivity contribution is 5.87. The lowest BCUT2D eigenvalue weighted by molar-refractivity contribution is -0.138. The molecule has 2 heterocycles. The maximum Gasteiger partial charge on any atom is 0.246 e. The Morgan fingerprint density at radius 2 is 1.65 bits per heavy atom. The van der Waals surface area contributed by atoms with Gasteiger partial charge in [-0.2, -0.15) is 0 Å². The Bertz CT molecular complexity index is 515. The van der Waals surface area contributed by atoms with Gasteiger partial charge in [0.05, 0.1) is 0 Å². The molecule has 4 nitrogen and oxygen atoms in total. The molecule has 1 atom stereocenters. The normalized spacial score (nSPS) is 23.5. The largest absolute Gasteiger partial charge is 0.341 e. The van der Waals surface area contributed by atoms with Gasteiger partial charge in [0.2, 0.25) is 5.91 Å². The molecule has 0 radical (unpaired) electrons. The molecule has 0 saturated carbocycles. The van der Waals surface area contributed by atoms with Crippen molar-refractivity contribution >= 4 is 5.91 Å². The summed E-state index contributed by atoms with van der Waals surface area (Å²) in [5, 5.41) is 0. The number of likely N-dealkylation sites (tertiary alicyclic amines) is 2. The minimum Gasteiger partial charge on any atom is -0.341 e. The Hall–Kier alpha value is -1.39. The monoisotopic (exact) mass is 315 g/mol. The van der Waals surface area contributed by atoms with Crippen LogP contribution in [-0.2, 0) is 10.3 Å². The van der Waals surface area contributed by atoms with Crippen LogP contribution in [0.3, 0.4) is 0 Å². The fourth-order valence-electron chi connectivity index (χ4n) is 3.95. The van der Waals surface area contributed by atoms with Gasteiger partial charge >= 0.3 is 0 Å². The molecule has 2 aliphatic heterocycles. The molecule has 3 rings (SSSR count). The van der Waals surface area contributed by atoms with Gasteiger partial charge in [0.1, 0.15) is 5.54 Å². The van der Waals surface area contributed by atoms with E-state index in [0.717, 1.165) is 31.5 Å². The van der Waals surface area contributed by atoms with Crippen LogP contribution in [0.5, 0.6) is 0 Å². The summed E-state index contributed by atoms with van der Waals surface area (Å²) in [5.41, 5.74) is 6.35. The van der Waals surface area contributed by atoms with E-state index in [9.17, 15) is 4.79 Å². The van der Waals surface area contributed by atoms with Crippen molar-refractivity contribution in [1.29, 1.82) is 0 Å². The van der Waals surface area contributed by atoms with Crippen LogP contribution in [-0.4, -0.2) is 47.9 Å². The molecule has 2 N–H and O–H groups in total. The number of hydrogen-bond donors (Lipinski definition) is 1. The van der Waals surface area contributed by atoms with Crippen LogP contribution in [0.2, 0.25) is 0 Å². The number of piperidine rings is 2. The molecular formula is C19H29N3O. The van der Waals surface area contributed by atoms with E-state index in [4.69, 9.17) is 5.73 Å². The van der Waals surface area contributed by atoms with Crippen LogP contribution in [0.4, 0.5) is 0 Å². The van der Waals surface area contributed by atoms with E-state index in [1.165, 1.54) is 32.4 Å². The first-order valence-electron chi connectivity index (χ1n) is 8.97. The maximum absolute atomic E-state index is 12.9. The zero-order valence-electron chi connectivity index (χ0n) is 14.2. The van der Waals surface area contributed by atoms with Crippen molar-refractivity contribution in [2.45, 2.75) is 50.6 Å². The number of nitrogens with zero attached hydrogens (tertiary/aromatic N) is 2. The average molecular weight is 315 g/mol. The highest BCUT2D eigenvalue weighted by Crippen LogP contribution is 2.25. The summed E-state index contributed by atoms with van der Waals surface area (Å²) in [4.78, 5) is 17.5. The van der Waals surface area contributed by atoms with Gasteiger partial charge in [-0.15, -0.1) is 0 Å². The Morgan fingerprint density at radius 1 is 1.04 bits per heavy atom. The lowest BCUT2D eigenvalue weighted by Crippen LogP contribution is -2.55. The minimum absolute atomic E-state index is 0.0563. The second-order valence-electron chi connectivity index (χ2n) is 7.19. The van der Waals surface area contributed by atoms with Crippen LogP contribution in [0, 0.1) is 0 Å². The summed E-state index contributed by atoms with van der Waals surface area (Å²) in [5.74, 6) is 0.0563. The van der Waals surface area contributed by atoms with Crippen molar-refractivity contribution in [2.24, 2.45) is 5.73 Å². The molecule has 1 aromatic carbocycles. The third kappa shape index (κ3) is 3.59. The molecule has 4 heteroatoms. The first-order chi connectivity index (χ1) is 11.1. The van der Waals surface area contributed by atoms with E-state index in [1.807, 2.05) is 42.2 Å². The summed E-state index contributed by atoms with van der Waals surface area (Å²) in [6.45, 7) is 5.97. The highest BCUT2D eigenvalue weighted by Gasteiger charge is 2.36. The molecular weight excluding hydrogens is 286 g/mol. The topological polar surface area (TPSA) is 49.6 Å². The summed E-state index contributed by atoms with van der Waals surface area (Å²) >= 11 is 0. The van der Waals surface area contributed by atoms with Gasteiger partial charge in [0.15, 0.2) is 0 Å². The predicted molar refractivity (Wildman–Crippen MR) is 93.0 cm³/mol. The fourth-order valence-corrected chi connectivity index (χ4v) is 3.95.